The second-order valence-electron chi connectivity index (χ2n) is 4.63. The van der Waals surface area contributed by atoms with E-state index in [1.54, 1.807) is 37.3 Å². The zero-order chi connectivity index (χ0) is 15.0. The minimum absolute atomic E-state index is 0.223. The first kappa shape index (κ1) is 15.1. The summed E-state index contributed by atoms with van der Waals surface area (Å²) in [5.41, 5.74) is -1.13. The van der Waals surface area contributed by atoms with Gasteiger partial charge in [-0.3, -0.25) is 0 Å². The molecular weight excluding hydrogens is 333 g/mol. The summed E-state index contributed by atoms with van der Waals surface area (Å²) in [6.07, 6.45) is -4.40. The lowest BCUT2D eigenvalue weighted by Gasteiger charge is -2.26. The zero-order valence-electron chi connectivity index (χ0n) is 10.6. The fraction of sp³-hybridized carbons (Fsp3) is 0.200. The van der Waals surface area contributed by atoms with Gasteiger partial charge in [0.2, 0.25) is 0 Å². The second-order valence-corrected chi connectivity index (χ2v) is 5.48. The fourth-order valence-corrected chi connectivity index (χ4v) is 2.77. The highest BCUT2D eigenvalue weighted by atomic mass is 79.9. The highest BCUT2D eigenvalue weighted by molar-refractivity contribution is 9.10. The fourth-order valence-electron chi connectivity index (χ4n) is 2.00. The van der Waals surface area contributed by atoms with Gasteiger partial charge < -0.3 is 5.11 Å². The van der Waals surface area contributed by atoms with Crippen molar-refractivity contribution < 1.29 is 18.3 Å². The van der Waals surface area contributed by atoms with Gasteiger partial charge in [-0.25, -0.2) is 0 Å². The number of rotatable bonds is 2. The molecule has 5 heteroatoms. The molecule has 0 aliphatic carbocycles. The molecular formula is C15H12BrF3O. The van der Waals surface area contributed by atoms with Crippen LogP contribution in [0, 0.1) is 0 Å². The van der Waals surface area contributed by atoms with Crippen LogP contribution in [0.15, 0.2) is 53.0 Å². The molecule has 1 nitrogen and oxygen atoms in total. The Morgan fingerprint density at radius 3 is 2.05 bits per heavy atom. The summed E-state index contributed by atoms with van der Waals surface area (Å²) in [7, 11) is 0. The Balaban J connectivity index is 2.48. The quantitative estimate of drug-likeness (QED) is 0.835. The van der Waals surface area contributed by atoms with Crippen LogP contribution in [0.4, 0.5) is 13.2 Å². The van der Waals surface area contributed by atoms with E-state index in [9.17, 15) is 18.3 Å². The Hall–Kier alpha value is -1.33. The van der Waals surface area contributed by atoms with E-state index in [0.717, 1.165) is 12.1 Å². The van der Waals surface area contributed by atoms with Crippen LogP contribution in [0.25, 0.3) is 0 Å². The zero-order valence-corrected chi connectivity index (χ0v) is 12.2. The molecule has 0 amide bonds. The lowest BCUT2D eigenvalue weighted by atomic mass is 9.88. The summed E-state index contributed by atoms with van der Waals surface area (Å²) in [6.45, 7) is 1.55. The molecule has 0 spiro atoms. The molecule has 20 heavy (non-hydrogen) atoms. The first-order valence-electron chi connectivity index (χ1n) is 5.88. The minimum atomic E-state index is -4.40. The van der Waals surface area contributed by atoms with Gasteiger partial charge in [-0.1, -0.05) is 52.3 Å². The molecule has 0 heterocycles. The van der Waals surface area contributed by atoms with Gasteiger partial charge >= 0.3 is 6.18 Å². The van der Waals surface area contributed by atoms with Crippen LogP contribution in [-0.2, 0) is 11.8 Å². The molecule has 0 fully saturated rings. The SMILES string of the molecule is CC(O)(c1ccccc1)c1ccc(C(F)(F)F)cc1Br. The van der Waals surface area contributed by atoms with Crippen LogP contribution in [0.2, 0.25) is 0 Å². The predicted molar refractivity (Wildman–Crippen MR) is 74.3 cm³/mol. The van der Waals surface area contributed by atoms with Gasteiger partial charge in [0.1, 0.15) is 5.60 Å². The Labute approximate surface area is 123 Å². The lowest BCUT2D eigenvalue weighted by Crippen LogP contribution is -2.23. The summed E-state index contributed by atoms with van der Waals surface area (Å²) in [5, 5.41) is 10.6. The maximum Gasteiger partial charge on any atom is 0.416 e. The van der Waals surface area contributed by atoms with Gasteiger partial charge in [0.25, 0.3) is 0 Å². The maximum atomic E-state index is 12.6. The van der Waals surface area contributed by atoms with Gasteiger partial charge in [-0.15, -0.1) is 0 Å². The molecule has 1 N–H and O–H groups in total. The van der Waals surface area contributed by atoms with E-state index in [0.29, 0.717) is 11.1 Å². The highest BCUT2D eigenvalue weighted by Crippen LogP contribution is 2.38. The number of benzene rings is 2. The smallest absolute Gasteiger partial charge is 0.381 e. The van der Waals surface area contributed by atoms with Crippen LogP contribution in [0.5, 0.6) is 0 Å². The average Bonchev–Trinajstić information content (AvgIpc) is 2.38. The third-order valence-corrected chi connectivity index (χ3v) is 3.81. The van der Waals surface area contributed by atoms with Crippen LogP contribution >= 0.6 is 15.9 Å². The van der Waals surface area contributed by atoms with E-state index in [1.807, 2.05) is 0 Å². The van der Waals surface area contributed by atoms with Crippen molar-refractivity contribution in [3.05, 3.63) is 69.7 Å². The normalized spacial score (nSPS) is 14.9. The van der Waals surface area contributed by atoms with Crippen molar-refractivity contribution in [3.63, 3.8) is 0 Å². The van der Waals surface area contributed by atoms with Crippen molar-refractivity contribution in [3.8, 4) is 0 Å². The number of halogens is 4. The van der Waals surface area contributed by atoms with Gasteiger partial charge in [-0.2, -0.15) is 13.2 Å². The first-order chi connectivity index (χ1) is 9.23. The summed E-state index contributed by atoms with van der Waals surface area (Å²) in [4.78, 5) is 0. The molecule has 0 radical (unpaired) electrons. The van der Waals surface area contributed by atoms with Crippen LogP contribution < -0.4 is 0 Å². The van der Waals surface area contributed by atoms with Crippen molar-refractivity contribution in [2.24, 2.45) is 0 Å². The first-order valence-corrected chi connectivity index (χ1v) is 6.67. The maximum absolute atomic E-state index is 12.6. The van der Waals surface area contributed by atoms with E-state index in [-0.39, 0.29) is 4.47 Å². The van der Waals surface area contributed by atoms with E-state index in [1.165, 1.54) is 6.07 Å². The summed E-state index contributed by atoms with van der Waals surface area (Å²) < 4.78 is 38.1. The minimum Gasteiger partial charge on any atom is -0.381 e. The third kappa shape index (κ3) is 2.88. The number of hydrogen-bond donors (Lipinski definition) is 1. The van der Waals surface area contributed by atoms with Crippen LogP contribution in [0.1, 0.15) is 23.6 Å². The van der Waals surface area contributed by atoms with E-state index in [2.05, 4.69) is 15.9 Å². The van der Waals surface area contributed by atoms with Gasteiger partial charge in [0.05, 0.1) is 5.56 Å². The molecule has 0 aliphatic heterocycles. The monoisotopic (exact) mass is 344 g/mol. The Morgan fingerprint density at radius 2 is 1.55 bits per heavy atom. The molecule has 0 aromatic heterocycles. The van der Waals surface area contributed by atoms with E-state index in [4.69, 9.17) is 0 Å². The standard InChI is InChI=1S/C15H12BrF3O/c1-14(20,10-5-3-2-4-6-10)12-8-7-11(9-13(12)16)15(17,18)19/h2-9,20H,1H3. The number of hydrogen-bond acceptors (Lipinski definition) is 1. The molecule has 1 atom stereocenters. The molecule has 0 bridgehead atoms. The predicted octanol–water partition coefficient (Wildman–Crippen LogP) is 4.72. The Kier molecular flexibility index (Phi) is 3.93. The molecule has 2 aromatic rings. The second kappa shape index (κ2) is 5.22. The molecule has 2 aromatic carbocycles. The van der Waals surface area contributed by atoms with E-state index >= 15 is 0 Å². The summed E-state index contributed by atoms with van der Waals surface area (Å²) in [5.74, 6) is 0. The van der Waals surface area contributed by atoms with Gasteiger partial charge in [0, 0.05) is 10.0 Å². The topological polar surface area (TPSA) is 20.2 Å². The van der Waals surface area contributed by atoms with Crippen LogP contribution in [0.3, 0.4) is 0 Å². The average molecular weight is 345 g/mol. The van der Waals surface area contributed by atoms with Crippen molar-refractivity contribution in [1.29, 1.82) is 0 Å². The Morgan fingerprint density at radius 1 is 0.950 bits per heavy atom. The van der Waals surface area contributed by atoms with Gasteiger partial charge in [-0.05, 0) is 24.6 Å². The van der Waals surface area contributed by atoms with Crippen molar-refractivity contribution in [1.82, 2.24) is 0 Å². The molecule has 0 saturated carbocycles. The van der Waals surface area contributed by atoms with Crippen LogP contribution in [-0.4, -0.2) is 5.11 Å². The van der Waals surface area contributed by atoms with Crippen molar-refractivity contribution >= 4 is 15.9 Å². The summed E-state index contributed by atoms with van der Waals surface area (Å²) in [6, 6.07) is 12.0. The molecule has 2 rings (SSSR count). The molecule has 0 saturated heterocycles. The van der Waals surface area contributed by atoms with E-state index < -0.39 is 17.3 Å². The molecule has 106 valence electrons. The van der Waals surface area contributed by atoms with Crippen molar-refractivity contribution in [2.45, 2.75) is 18.7 Å². The number of aliphatic hydroxyl groups is 1. The molecule has 1 unspecified atom stereocenters. The summed E-state index contributed by atoms with van der Waals surface area (Å²) >= 11 is 3.11. The molecule has 0 aliphatic rings. The highest BCUT2D eigenvalue weighted by Gasteiger charge is 2.33. The third-order valence-electron chi connectivity index (χ3n) is 3.16. The largest absolute Gasteiger partial charge is 0.416 e. The Bertz CT molecular complexity index is 606. The van der Waals surface area contributed by atoms with Crippen molar-refractivity contribution in [2.75, 3.05) is 0 Å². The van der Waals surface area contributed by atoms with Gasteiger partial charge in [0.15, 0.2) is 0 Å². The number of alkyl halides is 3. The lowest BCUT2D eigenvalue weighted by molar-refractivity contribution is -0.137.